The summed E-state index contributed by atoms with van der Waals surface area (Å²) in [4.78, 5) is 2.56. The van der Waals surface area contributed by atoms with Crippen molar-refractivity contribution in [2.45, 2.75) is 32.2 Å². The Morgan fingerprint density at radius 2 is 1.76 bits per heavy atom. The molecule has 3 aromatic rings. The zero-order valence-electron chi connectivity index (χ0n) is 17.1. The molecule has 0 atom stereocenters. The lowest BCUT2D eigenvalue weighted by Crippen LogP contribution is -2.43. The minimum absolute atomic E-state index is 0.750. The number of hydrogen-bond donors (Lipinski definition) is 1. The van der Waals surface area contributed by atoms with Crippen LogP contribution in [0, 0.1) is 11.3 Å². The highest BCUT2D eigenvalue weighted by molar-refractivity contribution is 5.85. The molecule has 0 spiro atoms. The molecule has 4 nitrogen and oxygen atoms in total. The topological polar surface area (TPSA) is 44.0 Å². The second-order valence-corrected chi connectivity index (χ2v) is 7.98. The molecule has 0 amide bonds. The molecule has 2 aromatic carbocycles. The number of hydrogen-bond acceptors (Lipinski definition) is 3. The lowest BCUT2D eigenvalue weighted by molar-refractivity contribution is 0.237. The Hall–Kier alpha value is -2.61. The van der Waals surface area contributed by atoms with Crippen molar-refractivity contribution in [3.63, 3.8) is 0 Å². The molecule has 1 saturated heterocycles. The Labute approximate surface area is 173 Å². The number of aryl methyl sites for hydroxylation is 3. The van der Waals surface area contributed by atoms with E-state index in [1.807, 2.05) is 6.07 Å². The average molecular weight is 387 g/mol. The molecule has 0 saturated carbocycles. The van der Waals surface area contributed by atoms with E-state index in [1.165, 1.54) is 54.5 Å². The van der Waals surface area contributed by atoms with Crippen molar-refractivity contribution in [1.29, 1.82) is 5.26 Å². The third-order valence-corrected chi connectivity index (χ3v) is 5.96. The molecule has 2 heterocycles. The number of benzene rings is 2. The van der Waals surface area contributed by atoms with Gasteiger partial charge >= 0.3 is 0 Å². The molecule has 0 bridgehead atoms. The fourth-order valence-electron chi connectivity index (χ4n) is 4.30. The summed E-state index contributed by atoms with van der Waals surface area (Å²) >= 11 is 0. The number of fused-ring (bicyclic) bond motifs is 1. The molecule has 0 unspecified atom stereocenters. The zero-order chi connectivity index (χ0) is 19.9. The van der Waals surface area contributed by atoms with Crippen molar-refractivity contribution >= 4 is 10.9 Å². The van der Waals surface area contributed by atoms with Gasteiger partial charge < -0.3 is 14.8 Å². The molecule has 1 aliphatic heterocycles. The summed E-state index contributed by atoms with van der Waals surface area (Å²) in [6, 6.07) is 19.1. The van der Waals surface area contributed by atoms with Gasteiger partial charge in [0, 0.05) is 49.8 Å². The second kappa shape index (κ2) is 9.73. The van der Waals surface area contributed by atoms with Gasteiger partial charge in [-0.3, -0.25) is 0 Å². The molecule has 29 heavy (non-hydrogen) atoms. The van der Waals surface area contributed by atoms with Gasteiger partial charge in [-0.05, 0) is 61.6 Å². The maximum Gasteiger partial charge on any atom is 0.0991 e. The van der Waals surface area contributed by atoms with Gasteiger partial charge in [-0.15, -0.1) is 0 Å². The first-order valence-electron chi connectivity index (χ1n) is 10.8. The largest absolute Gasteiger partial charge is 0.347 e. The quantitative estimate of drug-likeness (QED) is 0.596. The Balaban J connectivity index is 1.44. The minimum atomic E-state index is 0.750. The SMILES string of the molecule is N#Cc1ccc2c(c1)c(CCCCN1CCNCC1)cn2CCc1ccccc1. The van der Waals surface area contributed by atoms with E-state index in [4.69, 9.17) is 0 Å². The Kier molecular flexibility index (Phi) is 6.61. The van der Waals surface area contributed by atoms with E-state index in [-0.39, 0.29) is 0 Å². The van der Waals surface area contributed by atoms with Gasteiger partial charge in [0.25, 0.3) is 0 Å². The standard InChI is InChI=1S/C25H30N4/c26-19-22-9-10-25-24(18-22)23(8-4-5-14-28-16-12-27-13-17-28)20-29(25)15-11-21-6-2-1-3-7-21/h1-3,6-7,9-10,18,20,27H,4-5,8,11-17H2. The molecular weight excluding hydrogens is 356 g/mol. The Morgan fingerprint density at radius 1 is 0.931 bits per heavy atom. The first kappa shape index (κ1) is 19.7. The lowest BCUT2D eigenvalue weighted by atomic mass is 10.1. The highest BCUT2D eigenvalue weighted by Crippen LogP contribution is 2.25. The molecule has 1 N–H and O–H groups in total. The summed E-state index contributed by atoms with van der Waals surface area (Å²) in [5.74, 6) is 0. The Morgan fingerprint density at radius 3 is 2.55 bits per heavy atom. The second-order valence-electron chi connectivity index (χ2n) is 7.98. The van der Waals surface area contributed by atoms with Crippen LogP contribution in [0.5, 0.6) is 0 Å². The van der Waals surface area contributed by atoms with E-state index in [1.54, 1.807) is 0 Å². The van der Waals surface area contributed by atoms with E-state index < -0.39 is 0 Å². The van der Waals surface area contributed by atoms with Crippen LogP contribution >= 0.6 is 0 Å². The van der Waals surface area contributed by atoms with Crippen molar-refractivity contribution in [3.8, 4) is 6.07 Å². The van der Waals surface area contributed by atoms with Gasteiger partial charge in [0.2, 0.25) is 0 Å². The summed E-state index contributed by atoms with van der Waals surface area (Å²) in [6.07, 6.45) is 6.84. The summed E-state index contributed by atoms with van der Waals surface area (Å²) < 4.78 is 2.37. The van der Waals surface area contributed by atoms with Gasteiger partial charge in [0.1, 0.15) is 0 Å². The fraction of sp³-hybridized carbons (Fsp3) is 0.400. The fourth-order valence-corrected chi connectivity index (χ4v) is 4.30. The van der Waals surface area contributed by atoms with E-state index in [0.29, 0.717) is 0 Å². The molecule has 4 rings (SSSR count). The van der Waals surface area contributed by atoms with Crippen LogP contribution in [0.25, 0.3) is 10.9 Å². The Bertz CT molecular complexity index is 962. The predicted molar refractivity (Wildman–Crippen MR) is 119 cm³/mol. The number of nitrogens with one attached hydrogen (secondary N) is 1. The van der Waals surface area contributed by atoms with Crippen molar-refractivity contribution < 1.29 is 0 Å². The summed E-state index contributed by atoms with van der Waals surface area (Å²) in [6.45, 7) is 6.73. The molecule has 150 valence electrons. The predicted octanol–water partition coefficient (Wildman–Crippen LogP) is 3.98. The van der Waals surface area contributed by atoms with Crippen LogP contribution in [0.4, 0.5) is 0 Å². The van der Waals surface area contributed by atoms with Crippen LogP contribution in [-0.2, 0) is 19.4 Å². The first-order valence-corrected chi connectivity index (χ1v) is 10.8. The van der Waals surface area contributed by atoms with Gasteiger partial charge in [-0.2, -0.15) is 5.26 Å². The molecule has 0 aliphatic carbocycles. The average Bonchev–Trinajstić information content (AvgIpc) is 3.13. The monoisotopic (exact) mass is 386 g/mol. The highest BCUT2D eigenvalue weighted by atomic mass is 15.2. The summed E-state index contributed by atoms with van der Waals surface area (Å²) in [5.41, 5.74) is 4.74. The van der Waals surface area contributed by atoms with Crippen LogP contribution in [-0.4, -0.2) is 42.2 Å². The zero-order valence-corrected chi connectivity index (χ0v) is 17.1. The van der Waals surface area contributed by atoms with Gasteiger partial charge in [-0.1, -0.05) is 30.3 Å². The first-order chi connectivity index (χ1) is 14.3. The van der Waals surface area contributed by atoms with Crippen molar-refractivity contribution in [3.05, 3.63) is 71.4 Å². The van der Waals surface area contributed by atoms with Crippen LogP contribution in [0.15, 0.2) is 54.7 Å². The maximum absolute atomic E-state index is 9.34. The molecular formula is C25H30N4. The third kappa shape index (κ3) is 5.06. The number of aromatic nitrogens is 1. The van der Waals surface area contributed by atoms with Gasteiger partial charge in [0.15, 0.2) is 0 Å². The third-order valence-electron chi connectivity index (χ3n) is 5.96. The van der Waals surface area contributed by atoms with E-state index >= 15 is 0 Å². The van der Waals surface area contributed by atoms with Crippen LogP contribution in [0.1, 0.15) is 29.5 Å². The van der Waals surface area contributed by atoms with Crippen molar-refractivity contribution in [2.75, 3.05) is 32.7 Å². The molecule has 1 fully saturated rings. The number of unbranched alkanes of at least 4 members (excludes halogenated alkanes) is 1. The molecule has 1 aromatic heterocycles. The van der Waals surface area contributed by atoms with Crippen LogP contribution in [0.2, 0.25) is 0 Å². The number of rotatable bonds is 8. The molecule has 1 aliphatic rings. The van der Waals surface area contributed by atoms with Gasteiger partial charge in [-0.25, -0.2) is 0 Å². The summed E-state index contributed by atoms with van der Waals surface area (Å²) in [5, 5.41) is 14.0. The minimum Gasteiger partial charge on any atom is -0.347 e. The van der Waals surface area contributed by atoms with Crippen LogP contribution in [0.3, 0.4) is 0 Å². The highest BCUT2D eigenvalue weighted by Gasteiger charge is 2.11. The van der Waals surface area contributed by atoms with Crippen molar-refractivity contribution in [1.82, 2.24) is 14.8 Å². The van der Waals surface area contributed by atoms with Crippen LogP contribution < -0.4 is 5.32 Å². The van der Waals surface area contributed by atoms with Crippen molar-refractivity contribution in [2.24, 2.45) is 0 Å². The number of nitrogens with zero attached hydrogens (tertiary/aromatic N) is 3. The molecule has 0 radical (unpaired) electrons. The smallest absolute Gasteiger partial charge is 0.0991 e. The van der Waals surface area contributed by atoms with E-state index in [2.05, 4.69) is 69.5 Å². The lowest BCUT2D eigenvalue weighted by Gasteiger charge is -2.26. The van der Waals surface area contributed by atoms with E-state index in [9.17, 15) is 5.26 Å². The molecule has 4 heteroatoms. The maximum atomic E-state index is 9.34. The van der Waals surface area contributed by atoms with Gasteiger partial charge in [0.05, 0.1) is 11.6 Å². The number of piperazine rings is 1. The van der Waals surface area contributed by atoms with E-state index in [0.717, 1.165) is 38.0 Å². The number of nitriles is 1. The summed E-state index contributed by atoms with van der Waals surface area (Å²) in [7, 11) is 0. The normalized spacial score (nSPS) is 14.9.